The molecular formula is C14H20BNO. The van der Waals surface area contributed by atoms with Gasteiger partial charge in [0, 0.05) is 6.54 Å². The van der Waals surface area contributed by atoms with Gasteiger partial charge in [-0.05, 0) is 42.0 Å². The van der Waals surface area contributed by atoms with E-state index in [1.807, 2.05) is 0 Å². The van der Waals surface area contributed by atoms with Gasteiger partial charge in [-0.3, -0.25) is 0 Å². The number of hydrogen-bond donors (Lipinski definition) is 1. The van der Waals surface area contributed by atoms with Gasteiger partial charge in [0.1, 0.15) is 13.6 Å². The van der Waals surface area contributed by atoms with Crippen molar-refractivity contribution >= 4 is 13.3 Å². The smallest absolute Gasteiger partial charge is 0.119 e. The second-order valence-electron chi connectivity index (χ2n) is 5.10. The molecule has 1 N–H and O–H groups in total. The Kier molecular flexibility index (Phi) is 3.77. The van der Waals surface area contributed by atoms with Crippen LogP contribution in [0.15, 0.2) is 12.1 Å². The topological polar surface area (TPSA) is 21.3 Å². The summed E-state index contributed by atoms with van der Waals surface area (Å²) < 4.78 is 5.30. The Balaban J connectivity index is 2.47. The van der Waals surface area contributed by atoms with E-state index in [1.54, 1.807) is 7.11 Å². The van der Waals surface area contributed by atoms with Gasteiger partial charge in [-0.25, -0.2) is 0 Å². The number of rotatable bonds is 2. The molecule has 0 aliphatic carbocycles. The maximum atomic E-state index is 6.02. The van der Waals surface area contributed by atoms with E-state index in [9.17, 15) is 0 Å². The minimum absolute atomic E-state index is 0.542. The highest BCUT2D eigenvalue weighted by Gasteiger charge is 2.22. The van der Waals surface area contributed by atoms with Gasteiger partial charge < -0.3 is 10.1 Å². The zero-order valence-electron chi connectivity index (χ0n) is 10.9. The second kappa shape index (κ2) is 5.13. The van der Waals surface area contributed by atoms with Gasteiger partial charge in [0.2, 0.25) is 0 Å². The first-order valence-corrected chi connectivity index (χ1v) is 6.30. The molecule has 90 valence electrons. The van der Waals surface area contributed by atoms with E-state index in [2.05, 4.69) is 31.3 Å². The van der Waals surface area contributed by atoms with Crippen molar-refractivity contribution in [3.05, 3.63) is 23.3 Å². The highest BCUT2D eigenvalue weighted by molar-refractivity contribution is 6.34. The molecule has 2 radical (unpaired) electrons. The van der Waals surface area contributed by atoms with Crippen molar-refractivity contribution < 1.29 is 4.74 Å². The first-order chi connectivity index (χ1) is 8.13. The molecule has 1 atom stereocenters. The van der Waals surface area contributed by atoms with E-state index in [1.165, 1.54) is 11.1 Å². The third kappa shape index (κ3) is 2.49. The summed E-state index contributed by atoms with van der Waals surface area (Å²) in [5, 5.41) is 3.50. The van der Waals surface area contributed by atoms with E-state index in [-0.39, 0.29) is 0 Å². The summed E-state index contributed by atoms with van der Waals surface area (Å²) in [7, 11) is 7.70. The lowest BCUT2D eigenvalue weighted by molar-refractivity contribution is 0.417. The molecule has 0 saturated heterocycles. The van der Waals surface area contributed by atoms with Gasteiger partial charge in [-0.2, -0.15) is 0 Å². The Morgan fingerprint density at radius 1 is 1.41 bits per heavy atom. The fourth-order valence-corrected chi connectivity index (χ4v) is 2.58. The Labute approximate surface area is 105 Å². The van der Waals surface area contributed by atoms with E-state index >= 15 is 0 Å². The largest absolute Gasteiger partial charge is 0.497 e. The third-order valence-electron chi connectivity index (χ3n) is 3.63. The lowest BCUT2D eigenvalue weighted by Crippen LogP contribution is -2.23. The molecular weight excluding hydrogens is 209 g/mol. The molecule has 0 aromatic heterocycles. The summed E-state index contributed by atoms with van der Waals surface area (Å²) >= 11 is 0. The number of nitrogens with one attached hydrogen (secondary N) is 1. The predicted octanol–water partition coefficient (Wildman–Crippen LogP) is 1.37. The highest BCUT2D eigenvalue weighted by Crippen LogP contribution is 2.30. The molecule has 2 nitrogen and oxygen atoms in total. The standard InChI is InChI=1S/C14H20BNO/c1-9(2)12-8-16-5-4-10-6-14(17-3)13(15)7-11(10)12/h6-7,9,12,16H,4-5,8H2,1-3H3. The van der Waals surface area contributed by atoms with Crippen LogP contribution in [0, 0.1) is 5.92 Å². The monoisotopic (exact) mass is 229 g/mol. The fraction of sp³-hybridized carbons (Fsp3) is 0.571. The number of fused-ring (bicyclic) bond motifs is 1. The summed E-state index contributed by atoms with van der Waals surface area (Å²) in [5.41, 5.74) is 3.52. The van der Waals surface area contributed by atoms with Crippen LogP contribution in [0.1, 0.15) is 30.9 Å². The summed E-state index contributed by atoms with van der Waals surface area (Å²) in [6, 6.07) is 4.21. The molecule has 0 saturated carbocycles. The van der Waals surface area contributed by atoms with Crippen molar-refractivity contribution in [2.45, 2.75) is 26.2 Å². The lowest BCUT2D eigenvalue weighted by Gasteiger charge is -2.23. The van der Waals surface area contributed by atoms with E-state index < -0.39 is 0 Å². The minimum atomic E-state index is 0.542. The zero-order chi connectivity index (χ0) is 12.4. The quantitative estimate of drug-likeness (QED) is 0.773. The molecule has 17 heavy (non-hydrogen) atoms. The van der Waals surface area contributed by atoms with E-state index in [0.717, 1.165) is 30.7 Å². The Bertz CT molecular complexity index is 403. The first-order valence-electron chi connectivity index (χ1n) is 6.30. The van der Waals surface area contributed by atoms with Crippen LogP contribution in [-0.2, 0) is 6.42 Å². The number of methoxy groups -OCH3 is 1. The molecule has 3 heteroatoms. The SMILES string of the molecule is [B]c1cc2c(cc1OC)CCNCC2C(C)C. The van der Waals surface area contributed by atoms with Crippen LogP contribution in [0.2, 0.25) is 0 Å². The molecule has 0 bridgehead atoms. The molecule has 1 heterocycles. The normalized spacial score (nSPS) is 19.9. The molecule has 2 rings (SSSR count). The Hall–Kier alpha value is -0.955. The third-order valence-corrected chi connectivity index (χ3v) is 3.63. The molecule has 1 unspecified atom stereocenters. The van der Waals surface area contributed by atoms with Crippen molar-refractivity contribution in [3.63, 3.8) is 0 Å². The van der Waals surface area contributed by atoms with Crippen LogP contribution in [-0.4, -0.2) is 28.0 Å². The average Bonchev–Trinajstić information content (AvgIpc) is 2.49. The zero-order valence-corrected chi connectivity index (χ0v) is 10.9. The number of hydrogen-bond acceptors (Lipinski definition) is 2. The number of ether oxygens (including phenoxy) is 1. The van der Waals surface area contributed by atoms with Crippen LogP contribution >= 0.6 is 0 Å². The molecule has 0 amide bonds. The van der Waals surface area contributed by atoms with Crippen LogP contribution in [0.25, 0.3) is 0 Å². The van der Waals surface area contributed by atoms with Crippen molar-refractivity contribution in [3.8, 4) is 5.75 Å². The van der Waals surface area contributed by atoms with Gasteiger partial charge in [-0.1, -0.05) is 25.4 Å². The van der Waals surface area contributed by atoms with E-state index in [0.29, 0.717) is 11.8 Å². The lowest BCUT2D eigenvalue weighted by atomic mass is 9.81. The molecule has 0 spiro atoms. The maximum absolute atomic E-state index is 6.02. The highest BCUT2D eigenvalue weighted by atomic mass is 16.5. The maximum Gasteiger partial charge on any atom is 0.119 e. The molecule has 1 aliphatic rings. The molecule has 1 aliphatic heterocycles. The number of benzene rings is 1. The van der Waals surface area contributed by atoms with Crippen LogP contribution in [0.5, 0.6) is 5.75 Å². The van der Waals surface area contributed by atoms with Crippen LogP contribution < -0.4 is 15.5 Å². The van der Waals surface area contributed by atoms with Crippen molar-refractivity contribution in [2.24, 2.45) is 5.92 Å². The van der Waals surface area contributed by atoms with Gasteiger partial charge in [-0.15, -0.1) is 0 Å². The predicted molar refractivity (Wildman–Crippen MR) is 72.5 cm³/mol. The fourth-order valence-electron chi connectivity index (χ4n) is 2.58. The summed E-state index contributed by atoms with van der Waals surface area (Å²) in [5.74, 6) is 1.96. The minimum Gasteiger partial charge on any atom is -0.497 e. The van der Waals surface area contributed by atoms with Crippen LogP contribution in [0.4, 0.5) is 0 Å². The van der Waals surface area contributed by atoms with Crippen molar-refractivity contribution in [2.75, 3.05) is 20.2 Å². The van der Waals surface area contributed by atoms with Gasteiger partial charge in [0.15, 0.2) is 0 Å². The average molecular weight is 229 g/mol. The molecule has 1 aromatic rings. The van der Waals surface area contributed by atoms with Crippen molar-refractivity contribution in [1.82, 2.24) is 5.32 Å². The molecule has 1 aromatic carbocycles. The molecule has 0 fully saturated rings. The first kappa shape index (κ1) is 12.5. The summed E-state index contributed by atoms with van der Waals surface area (Å²) in [6.45, 7) is 6.60. The van der Waals surface area contributed by atoms with E-state index in [4.69, 9.17) is 12.6 Å². The van der Waals surface area contributed by atoms with Crippen molar-refractivity contribution in [1.29, 1.82) is 0 Å². The van der Waals surface area contributed by atoms with Gasteiger partial charge in [0.05, 0.1) is 7.11 Å². The Morgan fingerprint density at radius 2 is 2.18 bits per heavy atom. The second-order valence-corrected chi connectivity index (χ2v) is 5.10. The Morgan fingerprint density at radius 3 is 2.82 bits per heavy atom. The summed E-state index contributed by atoms with van der Waals surface area (Å²) in [4.78, 5) is 0. The van der Waals surface area contributed by atoms with Crippen LogP contribution in [0.3, 0.4) is 0 Å². The summed E-state index contributed by atoms with van der Waals surface area (Å²) in [6.07, 6.45) is 1.05. The van der Waals surface area contributed by atoms with Gasteiger partial charge in [0.25, 0.3) is 0 Å². The van der Waals surface area contributed by atoms with Gasteiger partial charge >= 0.3 is 0 Å².